The van der Waals surface area contributed by atoms with Gasteiger partial charge in [0.1, 0.15) is 15.7 Å². The summed E-state index contributed by atoms with van der Waals surface area (Å²) < 4.78 is 0. The molecule has 1 amide bonds. The van der Waals surface area contributed by atoms with Gasteiger partial charge in [0, 0.05) is 10.9 Å². The fourth-order valence-electron chi connectivity index (χ4n) is 1.71. The molecule has 0 fully saturated rings. The van der Waals surface area contributed by atoms with Crippen LogP contribution in [0.15, 0.2) is 29.6 Å². The van der Waals surface area contributed by atoms with Gasteiger partial charge < -0.3 is 0 Å². The fourth-order valence-corrected chi connectivity index (χ4v) is 3.11. The average Bonchev–Trinajstić information content (AvgIpc) is 3.09. The van der Waals surface area contributed by atoms with E-state index in [1.807, 2.05) is 38.1 Å². The van der Waals surface area contributed by atoms with Crippen molar-refractivity contribution in [2.24, 2.45) is 0 Å². The maximum atomic E-state index is 12.1. The Kier molecular flexibility index (Phi) is 3.76. The van der Waals surface area contributed by atoms with Crippen molar-refractivity contribution in [1.29, 1.82) is 0 Å². The van der Waals surface area contributed by atoms with E-state index in [1.165, 1.54) is 28.2 Å². The van der Waals surface area contributed by atoms with Crippen molar-refractivity contribution in [1.82, 2.24) is 15.2 Å². The molecule has 0 radical (unpaired) electrons. The number of nitrogens with zero attached hydrogens (tertiary/aromatic N) is 3. The summed E-state index contributed by atoms with van der Waals surface area (Å²) in [5, 5.41) is 14.3. The molecule has 0 bridgehead atoms. The van der Waals surface area contributed by atoms with Gasteiger partial charge in [-0.2, -0.15) is 0 Å². The van der Waals surface area contributed by atoms with E-state index in [0.717, 1.165) is 15.6 Å². The first-order chi connectivity index (χ1) is 10.1. The van der Waals surface area contributed by atoms with Gasteiger partial charge >= 0.3 is 0 Å². The van der Waals surface area contributed by atoms with Crippen LogP contribution in [0.4, 0.5) is 5.13 Å². The predicted octanol–water partition coefficient (Wildman–Crippen LogP) is 3.53. The summed E-state index contributed by atoms with van der Waals surface area (Å²) in [6, 6.07) is 8.06. The first-order valence-electron chi connectivity index (χ1n) is 6.26. The molecule has 0 atom stereocenters. The Morgan fingerprint density at radius 3 is 2.57 bits per heavy atom. The molecule has 0 saturated carbocycles. The van der Waals surface area contributed by atoms with Crippen LogP contribution in [-0.4, -0.2) is 21.1 Å². The van der Waals surface area contributed by atoms with E-state index < -0.39 is 0 Å². The first kappa shape index (κ1) is 13.8. The quantitative estimate of drug-likeness (QED) is 0.802. The first-order valence-corrected chi connectivity index (χ1v) is 7.95. The Hall–Kier alpha value is -2.12. The van der Waals surface area contributed by atoms with E-state index in [1.54, 1.807) is 5.38 Å². The SMILES string of the molecule is Cc1ccc(-c2nc(C(=O)Nc3nnc(C)s3)cs2)cc1. The van der Waals surface area contributed by atoms with Crippen molar-refractivity contribution in [3.05, 3.63) is 45.9 Å². The number of carbonyl (C=O) groups is 1. The van der Waals surface area contributed by atoms with Gasteiger partial charge in [-0.05, 0) is 13.8 Å². The lowest BCUT2D eigenvalue weighted by Gasteiger charge is -1.98. The van der Waals surface area contributed by atoms with Crippen molar-refractivity contribution in [2.75, 3.05) is 5.32 Å². The summed E-state index contributed by atoms with van der Waals surface area (Å²) in [4.78, 5) is 16.5. The standard InChI is InChI=1S/C14H12N4OS2/c1-8-3-5-10(6-4-8)13-15-11(7-20-13)12(19)16-14-18-17-9(2)21-14/h3-7H,1-2H3,(H,16,18,19). The number of carbonyl (C=O) groups excluding carboxylic acids is 1. The molecular formula is C14H12N4OS2. The van der Waals surface area contributed by atoms with Gasteiger partial charge in [0.05, 0.1) is 0 Å². The Labute approximate surface area is 129 Å². The third-order valence-electron chi connectivity index (χ3n) is 2.78. The van der Waals surface area contributed by atoms with Crippen molar-refractivity contribution in [3.63, 3.8) is 0 Å². The topological polar surface area (TPSA) is 67.8 Å². The van der Waals surface area contributed by atoms with Crippen LogP contribution in [0, 0.1) is 13.8 Å². The highest BCUT2D eigenvalue weighted by Crippen LogP contribution is 2.24. The van der Waals surface area contributed by atoms with Gasteiger partial charge in [-0.25, -0.2) is 4.98 Å². The predicted molar refractivity (Wildman–Crippen MR) is 84.9 cm³/mol. The highest BCUT2D eigenvalue weighted by atomic mass is 32.1. The normalized spacial score (nSPS) is 10.6. The van der Waals surface area contributed by atoms with Crippen molar-refractivity contribution in [2.45, 2.75) is 13.8 Å². The van der Waals surface area contributed by atoms with E-state index >= 15 is 0 Å². The van der Waals surface area contributed by atoms with E-state index in [0.29, 0.717) is 10.8 Å². The van der Waals surface area contributed by atoms with E-state index in [-0.39, 0.29) is 5.91 Å². The maximum Gasteiger partial charge on any atom is 0.276 e. The lowest BCUT2D eigenvalue weighted by atomic mass is 10.2. The summed E-state index contributed by atoms with van der Waals surface area (Å²) in [6.07, 6.45) is 0. The molecule has 0 aliphatic rings. The van der Waals surface area contributed by atoms with Crippen LogP contribution in [0.1, 0.15) is 21.1 Å². The van der Waals surface area contributed by atoms with E-state index in [4.69, 9.17) is 0 Å². The number of hydrogen-bond donors (Lipinski definition) is 1. The minimum atomic E-state index is -0.263. The van der Waals surface area contributed by atoms with Crippen molar-refractivity contribution in [3.8, 4) is 10.6 Å². The molecule has 0 saturated heterocycles. The number of benzene rings is 1. The van der Waals surface area contributed by atoms with E-state index in [2.05, 4.69) is 20.5 Å². The molecule has 7 heteroatoms. The van der Waals surface area contributed by atoms with Crippen LogP contribution < -0.4 is 5.32 Å². The zero-order chi connectivity index (χ0) is 14.8. The van der Waals surface area contributed by atoms with E-state index in [9.17, 15) is 4.79 Å². The lowest BCUT2D eigenvalue weighted by Crippen LogP contribution is -2.12. The third kappa shape index (κ3) is 3.14. The van der Waals surface area contributed by atoms with Gasteiger partial charge in [0.25, 0.3) is 5.91 Å². The fraction of sp³-hybridized carbons (Fsp3) is 0.143. The number of rotatable bonds is 3. The molecule has 21 heavy (non-hydrogen) atoms. The minimum Gasteiger partial charge on any atom is -0.295 e. The summed E-state index contributed by atoms with van der Waals surface area (Å²) in [5.74, 6) is -0.263. The Morgan fingerprint density at radius 2 is 1.90 bits per heavy atom. The Morgan fingerprint density at radius 1 is 1.14 bits per heavy atom. The molecule has 0 aliphatic heterocycles. The Balaban J connectivity index is 1.78. The van der Waals surface area contributed by atoms with Gasteiger partial charge in [-0.3, -0.25) is 10.1 Å². The number of anilines is 1. The van der Waals surface area contributed by atoms with Gasteiger partial charge in [-0.15, -0.1) is 21.5 Å². The van der Waals surface area contributed by atoms with Crippen LogP contribution in [0.5, 0.6) is 0 Å². The molecule has 106 valence electrons. The van der Waals surface area contributed by atoms with Crippen molar-refractivity contribution < 1.29 is 4.79 Å². The minimum absolute atomic E-state index is 0.263. The number of aromatic nitrogens is 3. The molecule has 3 rings (SSSR count). The molecule has 0 unspecified atom stereocenters. The summed E-state index contributed by atoms with van der Waals surface area (Å²) in [5.41, 5.74) is 2.60. The molecule has 0 spiro atoms. The second-order valence-corrected chi connectivity index (χ2v) is 6.52. The maximum absolute atomic E-state index is 12.1. The molecule has 2 heterocycles. The molecule has 0 aliphatic carbocycles. The van der Waals surface area contributed by atoms with Crippen LogP contribution in [0.2, 0.25) is 0 Å². The van der Waals surface area contributed by atoms with Crippen LogP contribution in [0.3, 0.4) is 0 Å². The summed E-state index contributed by atoms with van der Waals surface area (Å²) in [6.45, 7) is 3.88. The zero-order valence-electron chi connectivity index (χ0n) is 11.5. The largest absolute Gasteiger partial charge is 0.295 e. The number of aryl methyl sites for hydroxylation is 2. The summed E-state index contributed by atoms with van der Waals surface area (Å²) in [7, 11) is 0. The molecule has 3 aromatic rings. The average molecular weight is 316 g/mol. The molecular weight excluding hydrogens is 304 g/mol. The van der Waals surface area contributed by atoms with Crippen LogP contribution in [-0.2, 0) is 0 Å². The second kappa shape index (κ2) is 5.71. The van der Waals surface area contributed by atoms with Gasteiger partial charge in [0.2, 0.25) is 5.13 Å². The molecule has 5 nitrogen and oxygen atoms in total. The molecule has 1 N–H and O–H groups in total. The monoisotopic (exact) mass is 316 g/mol. The Bertz CT molecular complexity index is 776. The highest BCUT2D eigenvalue weighted by Gasteiger charge is 2.13. The third-order valence-corrected chi connectivity index (χ3v) is 4.43. The van der Waals surface area contributed by atoms with Crippen LogP contribution >= 0.6 is 22.7 Å². The van der Waals surface area contributed by atoms with Crippen molar-refractivity contribution >= 4 is 33.7 Å². The highest BCUT2D eigenvalue weighted by molar-refractivity contribution is 7.15. The van der Waals surface area contributed by atoms with Crippen LogP contribution in [0.25, 0.3) is 10.6 Å². The second-order valence-electron chi connectivity index (χ2n) is 4.48. The zero-order valence-corrected chi connectivity index (χ0v) is 13.1. The van der Waals surface area contributed by atoms with Gasteiger partial charge in [-0.1, -0.05) is 41.2 Å². The lowest BCUT2D eigenvalue weighted by molar-refractivity contribution is 0.102. The number of thiazole rings is 1. The van der Waals surface area contributed by atoms with Gasteiger partial charge in [0.15, 0.2) is 0 Å². The summed E-state index contributed by atoms with van der Waals surface area (Å²) >= 11 is 2.78. The number of amides is 1. The molecule has 1 aromatic carbocycles. The number of hydrogen-bond acceptors (Lipinski definition) is 6. The number of nitrogens with one attached hydrogen (secondary N) is 1. The molecule has 2 aromatic heterocycles. The smallest absolute Gasteiger partial charge is 0.276 e.